The number of aryl methyl sites for hydroxylation is 1. The molecule has 0 radical (unpaired) electrons. The predicted octanol–water partition coefficient (Wildman–Crippen LogP) is 2.41. The fourth-order valence-electron chi connectivity index (χ4n) is 2.18. The second kappa shape index (κ2) is 6.28. The van der Waals surface area contributed by atoms with Crippen LogP contribution in [0.3, 0.4) is 0 Å². The Kier molecular flexibility index (Phi) is 4.45. The zero-order valence-corrected chi connectivity index (χ0v) is 10.8. The Morgan fingerprint density at radius 1 is 1.44 bits per heavy atom. The molecule has 1 aromatic rings. The van der Waals surface area contributed by atoms with Crippen LogP contribution in [0.5, 0.6) is 0 Å². The van der Waals surface area contributed by atoms with Gasteiger partial charge in [-0.25, -0.2) is 9.97 Å². The van der Waals surface area contributed by atoms with Crippen LogP contribution in [-0.4, -0.2) is 22.4 Å². The van der Waals surface area contributed by atoms with Crippen LogP contribution in [0.1, 0.15) is 48.2 Å². The Morgan fingerprint density at radius 3 is 3.06 bits per heavy atom. The Balaban J connectivity index is 1.82. The third-order valence-corrected chi connectivity index (χ3v) is 3.27. The van der Waals surface area contributed by atoms with Crippen LogP contribution in [0.25, 0.3) is 0 Å². The van der Waals surface area contributed by atoms with Gasteiger partial charge in [-0.15, -0.1) is 0 Å². The molecule has 0 atom stereocenters. The van der Waals surface area contributed by atoms with Crippen molar-refractivity contribution >= 4 is 5.91 Å². The molecular formula is C14H19N3O. The number of nitrogens with zero attached hydrogens (tertiary/aromatic N) is 2. The summed E-state index contributed by atoms with van der Waals surface area (Å²) in [5.41, 5.74) is 2.76. The second-order valence-electron chi connectivity index (χ2n) is 4.64. The molecule has 0 unspecified atom stereocenters. The summed E-state index contributed by atoms with van der Waals surface area (Å²) in [6.45, 7) is 2.51. The van der Waals surface area contributed by atoms with Crippen molar-refractivity contribution in [2.75, 3.05) is 6.54 Å². The molecule has 4 nitrogen and oxygen atoms in total. The van der Waals surface area contributed by atoms with Gasteiger partial charge in [-0.2, -0.15) is 0 Å². The molecule has 1 aromatic heterocycles. The van der Waals surface area contributed by atoms with Gasteiger partial charge in [0, 0.05) is 12.7 Å². The highest BCUT2D eigenvalue weighted by Gasteiger charge is 2.10. The largest absolute Gasteiger partial charge is 0.352 e. The van der Waals surface area contributed by atoms with E-state index in [2.05, 4.69) is 21.4 Å². The maximum atomic E-state index is 11.9. The number of carbonyl (C=O) groups is 1. The van der Waals surface area contributed by atoms with E-state index in [1.807, 2.05) is 6.92 Å². The molecule has 4 heteroatoms. The summed E-state index contributed by atoms with van der Waals surface area (Å²) in [6, 6.07) is 0. The van der Waals surface area contributed by atoms with Gasteiger partial charge in [0.15, 0.2) is 0 Å². The summed E-state index contributed by atoms with van der Waals surface area (Å²) in [4.78, 5) is 19.8. The van der Waals surface area contributed by atoms with Crippen LogP contribution < -0.4 is 5.32 Å². The van der Waals surface area contributed by atoms with E-state index < -0.39 is 0 Å². The number of nitrogens with one attached hydrogen (secondary N) is 1. The first kappa shape index (κ1) is 12.7. The Labute approximate surface area is 108 Å². The first-order valence-electron chi connectivity index (χ1n) is 6.50. The summed E-state index contributed by atoms with van der Waals surface area (Å²) in [5, 5.41) is 2.93. The van der Waals surface area contributed by atoms with Gasteiger partial charge in [0.25, 0.3) is 5.91 Å². The molecule has 2 rings (SSSR count). The standard InChI is InChI=1S/C14H19N3O/c1-11-13(9-15-10-17-11)14(18)16-8-7-12-5-3-2-4-6-12/h5,9-10H,2-4,6-8H2,1H3,(H,16,18). The molecule has 1 aliphatic rings. The topological polar surface area (TPSA) is 54.9 Å². The van der Waals surface area contributed by atoms with Crippen LogP contribution >= 0.6 is 0 Å². The average molecular weight is 245 g/mol. The van der Waals surface area contributed by atoms with E-state index >= 15 is 0 Å². The first-order chi connectivity index (χ1) is 8.77. The molecule has 1 heterocycles. The highest BCUT2D eigenvalue weighted by molar-refractivity contribution is 5.94. The molecule has 0 spiro atoms. The van der Waals surface area contributed by atoms with Crippen molar-refractivity contribution < 1.29 is 4.79 Å². The quantitative estimate of drug-likeness (QED) is 0.829. The summed E-state index contributed by atoms with van der Waals surface area (Å²) in [6.07, 6.45) is 11.3. The summed E-state index contributed by atoms with van der Waals surface area (Å²) in [7, 11) is 0. The zero-order valence-electron chi connectivity index (χ0n) is 10.8. The number of amides is 1. The SMILES string of the molecule is Cc1ncncc1C(=O)NCCC1=CCCCC1. The van der Waals surface area contributed by atoms with Crippen molar-refractivity contribution in [3.8, 4) is 0 Å². The predicted molar refractivity (Wildman–Crippen MR) is 70.3 cm³/mol. The van der Waals surface area contributed by atoms with E-state index in [1.54, 1.807) is 6.20 Å². The summed E-state index contributed by atoms with van der Waals surface area (Å²) in [5.74, 6) is -0.0792. The molecule has 1 amide bonds. The summed E-state index contributed by atoms with van der Waals surface area (Å²) < 4.78 is 0. The number of hydrogen-bond acceptors (Lipinski definition) is 3. The van der Waals surface area contributed by atoms with Gasteiger partial charge >= 0.3 is 0 Å². The van der Waals surface area contributed by atoms with Crippen molar-refractivity contribution in [3.63, 3.8) is 0 Å². The monoisotopic (exact) mass is 245 g/mol. The minimum absolute atomic E-state index is 0.0792. The molecule has 18 heavy (non-hydrogen) atoms. The average Bonchev–Trinajstić information content (AvgIpc) is 2.40. The molecule has 0 saturated heterocycles. The molecule has 0 aromatic carbocycles. The minimum Gasteiger partial charge on any atom is -0.352 e. The number of carbonyl (C=O) groups excluding carboxylic acids is 1. The molecule has 1 N–H and O–H groups in total. The fraction of sp³-hybridized carbons (Fsp3) is 0.500. The van der Waals surface area contributed by atoms with Crippen LogP contribution in [0, 0.1) is 6.92 Å². The number of hydrogen-bond donors (Lipinski definition) is 1. The maximum Gasteiger partial charge on any atom is 0.254 e. The molecule has 0 aliphatic heterocycles. The highest BCUT2D eigenvalue weighted by atomic mass is 16.1. The van der Waals surface area contributed by atoms with Gasteiger partial charge in [-0.05, 0) is 39.0 Å². The maximum absolute atomic E-state index is 11.9. The van der Waals surface area contributed by atoms with Crippen molar-refractivity contribution in [1.82, 2.24) is 15.3 Å². The number of rotatable bonds is 4. The van der Waals surface area contributed by atoms with E-state index in [-0.39, 0.29) is 5.91 Å². The number of aromatic nitrogens is 2. The van der Waals surface area contributed by atoms with Crippen molar-refractivity contribution in [3.05, 3.63) is 35.4 Å². The lowest BCUT2D eigenvalue weighted by molar-refractivity contribution is 0.0952. The van der Waals surface area contributed by atoms with Crippen LogP contribution in [-0.2, 0) is 0 Å². The molecule has 1 aliphatic carbocycles. The third-order valence-electron chi connectivity index (χ3n) is 3.27. The highest BCUT2D eigenvalue weighted by Crippen LogP contribution is 2.19. The lowest BCUT2D eigenvalue weighted by Crippen LogP contribution is -2.26. The Morgan fingerprint density at radius 2 is 2.33 bits per heavy atom. The Hall–Kier alpha value is -1.71. The zero-order chi connectivity index (χ0) is 12.8. The van der Waals surface area contributed by atoms with Gasteiger partial charge in [0.1, 0.15) is 6.33 Å². The van der Waals surface area contributed by atoms with Crippen molar-refractivity contribution in [2.45, 2.75) is 39.0 Å². The lowest BCUT2D eigenvalue weighted by atomic mass is 9.97. The van der Waals surface area contributed by atoms with Gasteiger partial charge in [-0.3, -0.25) is 4.79 Å². The van der Waals surface area contributed by atoms with Gasteiger partial charge in [0.05, 0.1) is 11.3 Å². The number of allylic oxidation sites excluding steroid dienone is 1. The fourth-order valence-corrected chi connectivity index (χ4v) is 2.18. The van der Waals surface area contributed by atoms with Crippen LogP contribution in [0.4, 0.5) is 0 Å². The van der Waals surface area contributed by atoms with E-state index in [0.717, 1.165) is 12.1 Å². The minimum atomic E-state index is -0.0792. The molecule has 0 saturated carbocycles. The smallest absolute Gasteiger partial charge is 0.254 e. The summed E-state index contributed by atoms with van der Waals surface area (Å²) >= 11 is 0. The van der Waals surface area contributed by atoms with Gasteiger partial charge in [-0.1, -0.05) is 11.6 Å². The van der Waals surface area contributed by atoms with E-state index in [0.29, 0.717) is 12.1 Å². The van der Waals surface area contributed by atoms with Gasteiger partial charge < -0.3 is 5.32 Å². The van der Waals surface area contributed by atoms with E-state index in [4.69, 9.17) is 0 Å². The Bertz CT molecular complexity index is 454. The van der Waals surface area contributed by atoms with E-state index in [9.17, 15) is 4.79 Å². The van der Waals surface area contributed by atoms with Crippen molar-refractivity contribution in [1.29, 1.82) is 0 Å². The first-order valence-corrected chi connectivity index (χ1v) is 6.50. The molecule has 0 fully saturated rings. The van der Waals surface area contributed by atoms with Crippen molar-refractivity contribution in [2.24, 2.45) is 0 Å². The van der Waals surface area contributed by atoms with Gasteiger partial charge in [0.2, 0.25) is 0 Å². The van der Waals surface area contributed by atoms with Crippen LogP contribution in [0.2, 0.25) is 0 Å². The van der Waals surface area contributed by atoms with E-state index in [1.165, 1.54) is 37.6 Å². The molecule has 96 valence electrons. The van der Waals surface area contributed by atoms with Crippen LogP contribution in [0.15, 0.2) is 24.2 Å². The molecule has 0 bridgehead atoms. The lowest BCUT2D eigenvalue weighted by Gasteiger charge is -2.13. The molecular weight excluding hydrogens is 226 g/mol. The normalized spacial score (nSPS) is 15.1. The second-order valence-corrected chi connectivity index (χ2v) is 4.64. The third kappa shape index (κ3) is 3.39.